The van der Waals surface area contributed by atoms with Crippen molar-refractivity contribution in [1.82, 2.24) is 10.3 Å². The lowest BCUT2D eigenvalue weighted by molar-refractivity contribution is 0.0947. The van der Waals surface area contributed by atoms with Gasteiger partial charge in [-0.25, -0.2) is 4.98 Å². The normalized spacial score (nSPS) is 10.6. The van der Waals surface area contributed by atoms with Crippen molar-refractivity contribution in [1.29, 1.82) is 0 Å². The van der Waals surface area contributed by atoms with Gasteiger partial charge in [0.05, 0.1) is 28.5 Å². The number of aromatic nitrogens is 1. The van der Waals surface area contributed by atoms with Crippen molar-refractivity contribution in [3.05, 3.63) is 45.6 Å². The van der Waals surface area contributed by atoms with E-state index in [9.17, 15) is 4.79 Å². The fraction of sp³-hybridized carbons (Fsp3) is 0.231. The predicted molar refractivity (Wildman–Crippen MR) is 77.9 cm³/mol. The molecule has 106 valence electrons. The van der Waals surface area contributed by atoms with E-state index in [1.54, 1.807) is 6.20 Å². The summed E-state index contributed by atoms with van der Waals surface area (Å²) in [5, 5.41) is 3.15. The number of hydrogen-bond acceptors (Lipinski definition) is 4. The van der Waals surface area contributed by atoms with Crippen LogP contribution in [0.2, 0.25) is 10.0 Å². The van der Waals surface area contributed by atoms with E-state index in [1.807, 2.05) is 6.92 Å². The first-order valence-electron chi connectivity index (χ1n) is 5.97. The number of nitrogen functional groups attached to an aromatic ring is 1. The monoisotopic (exact) mass is 313 g/mol. The number of oxazole rings is 1. The van der Waals surface area contributed by atoms with Gasteiger partial charge in [0.1, 0.15) is 5.76 Å². The Morgan fingerprint density at radius 3 is 2.80 bits per heavy atom. The molecule has 7 heteroatoms. The van der Waals surface area contributed by atoms with E-state index in [2.05, 4.69) is 10.3 Å². The number of rotatable bonds is 4. The minimum atomic E-state index is -0.327. The Kier molecular flexibility index (Phi) is 4.52. The lowest BCUT2D eigenvalue weighted by atomic mass is 10.2. The van der Waals surface area contributed by atoms with Crippen LogP contribution >= 0.6 is 23.2 Å². The number of carbonyl (C=O) groups excluding carboxylic acids is 1. The fourth-order valence-corrected chi connectivity index (χ4v) is 1.93. The first-order chi connectivity index (χ1) is 9.51. The summed E-state index contributed by atoms with van der Waals surface area (Å²) in [7, 11) is 0. The predicted octanol–water partition coefficient (Wildman–Crippen LogP) is 3.06. The number of nitrogens with one attached hydrogen (secondary N) is 1. The molecule has 0 unspecified atom stereocenters. The third-order valence-corrected chi connectivity index (χ3v) is 3.49. The number of amides is 1. The van der Waals surface area contributed by atoms with Crippen molar-refractivity contribution in [3.8, 4) is 0 Å². The van der Waals surface area contributed by atoms with Gasteiger partial charge in [0, 0.05) is 12.0 Å². The third-order valence-electron chi connectivity index (χ3n) is 2.67. The maximum absolute atomic E-state index is 12.0. The Morgan fingerprint density at radius 2 is 2.20 bits per heavy atom. The molecule has 0 bridgehead atoms. The Balaban J connectivity index is 2.05. The topological polar surface area (TPSA) is 81.2 Å². The van der Waals surface area contributed by atoms with Gasteiger partial charge in [0.25, 0.3) is 5.91 Å². The molecular formula is C13H13Cl2N3O2. The summed E-state index contributed by atoms with van der Waals surface area (Å²) in [5.41, 5.74) is 6.25. The molecule has 3 N–H and O–H groups in total. The number of hydrogen-bond donors (Lipinski definition) is 2. The average molecular weight is 314 g/mol. The van der Waals surface area contributed by atoms with E-state index in [0.29, 0.717) is 11.5 Å². The van der Waals surface area contributed by atoms with Crippen molar-refractivity contribution < 1.29 is 9.21 Å². The number of aryl methyl sites for hydroxylation is 1. The van der Waals surface area contributed by atoms with Crippen LogP contribution in [0.5, 0.6) is 0 Å². The maximum atomic E-state index is 12.0. The van der Waals surface area contributed by atoms with Crippen LogP contribution in [0.3, 0.4) is 0 Å². The Bertz CT molecular complexity index is 617. The number of anilines is 1. The summed E-state index contributed by atoms with van der Waals surface area (Å²) in [5.74, 6) is 0.891. The molecule has 0 aliphatic heterocycles. The summed E-state index contributed by atoms with van der Waals surface area (Å²) in [6.07, 6.45) is 2.39. The van der Waals surface area contributed by atoms with Gasteiger partial charge >= 0.3 is 0 Å². The van der Waals surface area contributed by atoms with Gasteiger partial charge in [0.2, 0.25) is 5.89 Å². The average Bonchev–Trinajstić information content (AvgIpc) is 2.89. The van der Waals surface area contributed by atoms with E-state index in [4.69, 9.17) is 33.4 Å². The second kappa shape index (κ2) is 6.15. The molecule has 0 atom stereocenters. The van der Waals surface area contributed by atoms with E-state index in [-0.39, 0.29) is 28.2 Å². The SMILES string of the molecule is CCc1cnc(CNC(=O)c2cc(N)c(Cl)c(Cl)c2)o1. The highest BCUT2D eigenvalue weighted by Crippen LogP contribution is 2.29. The molecule has 2 aromatic rings. The van der Waals surface area contributed by atoms with Crippen LogP contribution in [0, 0.1) is 0 Å². The summed E-state index contributed by atoms with van der Waals surface area (Å²) in [4.78, 5) is 16.0. The van der Waals surface area contributed by atoms with Gasteiger partial charge < -0.3 is 15.5 Å². The van der Waals surface area contributed by atoms with Crippen molar-refractivity contribution >= 4 is 34.8 Å². The third kappa shape index (κ3) is 3.23. The van der Waals surface area contributed by atoms with E-state index >= 15 is 0 Å². The molecule has 5 nitrogen and oxygen atoms in total. The minimum absolute atomic E-state index is 0.193. The highest BCUT2D eigenvalue weighted by atomic mass is 35.5. The molecule has 0 fully saturated rings. The summed E-state index contributed by atoms with van der Waals surface area (Å²) < 4.78 is 5.39. The second-order valence-electron chi connectivity index (χ2n) is 4.12. The number of benzene rings is 1. The smallest absolute Gasteiger partial charge is 0.251 e. The van der Waals surface area contributed by atoms with Crippen LogP contribution in [0.15, 0.2) is 22.7 Å². The van der Waals surface area contributed by atoms with Gasteiger partial charge in [0.15, 0.2) is 0 Å². The molecule has 0 radical (unpaired) electrons. The molecule has 0 aliphatic rings. The first-order valence-corrected chi connectivity index (χ1v) is 6.73. The summed E-state index contributed by atoms with van der Waals surface area (Å²) >= 11 is 11.7. The van der Waals surface area contributed by atoms with Gasteiger partial charge in [-0.3, -0.25) is 4.79 Å². The molecule has 0 saturated heterocycles. The molecule has 1 aromatic carbocycles. The standard InChI is InChI=1S/C13H13Cl2N3O2/c1-2-8-5-17-11(20-8)6-18-13(19)7-3-9(14)12(15)10(16)4-7/h3-5H,2,6,16H2,1H3,(H,18,19). The van der Waals surface area contributed by atoms with Crippen molar-refractivity contribution in [2.45, 2.75) is 19.9 Å². The molecule has 0 saturated carbocycles. The maximum Gasteiger partial charge on any atom is 0.251 e. The van der Waals surface area contributed by atoms with E-state index in [1.165, 1.54) is 12.1 Å². The zero-order valence-electron chi connectivity index (χ0n) is 10.7. The first kappa shape index (κ1) is 14.7. The molecule has 1 heterocycles. The van der Waals surface area contributed by atoms with E-state index < -0.39 is 0 Å². The quantitative estimate of drug-likeness (QED) is 0.850. The van der Waals surface area contributed by atoms with Crippen LogP contribution in [0.25, 0.3) is 0 Å². The van der Waals surface area contributed by atoms with Crippen LogP contribution in [-0.4, -0.2) is 10.9 Å². The number of carbonyl (C=O) groups is 1. The number of nitrogens with zero attached hydrogens (tertiary/aromatic N) is 1. The molecule has 20 heavy (non-hydrogen) atoms. The molecule has 1 amide bonds. The molecule has 0 aliphatic carbocycles. The lowest BCUT2D eigenvalue weighted by Crippen LogP contribution is -2.23. The van der Waals surface area contributed by atoms with E-state index in [0.717, 1.165) is 12.2 Å². The van der Waals surface area contributed by atoms with Gasteiger partial charge in [-0.1, -0.05) is 30.1 Å². The number of halogens is 2. The Labute approximate surface area is 126 Å². The lowest BCUT2D eigenvalue weighted by Gasteiger charge is -2.06. The zero-order valence-corrected chi connectivity index (χ0v) is 12.3. The van der Waals surface area contributed by atoms with Gasteiger partial charge in [-0.2, -0.15) is 0 Å². The largest absolute Gasteiger partial charge is 0.444 e. The molecule has 0 spiro atoms. The van der Waals surface area contributed by atoms with Crippen LogP contribution in [0.4, 0.5) is 5.69 Å². The Hall–Kier alpha value is -1.72. The van der Waals surface area contributed by atoms with Gasteiger partial charge in [-0.15, -0.1) is 0 Å². The highest BCUT2D eigenvalue weighted by Gasteiger charge is 2.12. The molecular weight excluding hydrogens is 301 g/mol. The highest BCUT2D eigenvalue weighted by molar-refractivity contribution is 6.43. The van der Waals surface area contributed by atoms with Crippen LogP contribution in [0.1, 0.15) is 28.9 Å². The van der Waals surface area contributed by atoms with Crippen molar-refractivity contribution in [3.63, 3.8) is 0 Å². The number of nitrogens with two attached hydrogens (primary N) is 1. The van der Waals surface area contributed by atoms with Gasteiger partial charge in [-0.05, 0) is 12.1 Å². The van der Waals surface area contributed by atoms with Crippen LogP contribution < -0.4 is 11.1 Å². The molecule has 1 aromatic heterocycles. The fourth-order valence-electron chi connectivity index (χ4n) is 1.59. The second-order valence-corrected chi connectivity index (χ2v) is 4.90. The minimum Gasteiger partial charge on any atom is -0.444 e. The summed E-state index contributed by atoms with van der Waals surface area (Å²) in [6.45, 7) is 2.15. The molecule has 2 rings (SSSR count). The van der Waals surface area contributed by atoms with Crippen molar-refractivity contribution in [2.75, 3.05) is 5.73 Å². The zero-order chi connectivity index (χ0) is 14.7. The Morgan fingerprint density at radius 1 is 1.45 bits per heavy atom. The van der Waals surface area contributed by atoms with Crippen molar-refractivity contribution in [2.24, 2.45) is 0 Å². The summed E-state index contributed by atoms with van der Waals surface area (Å²) in [6, 6.07) is 2.93. The van der Waals surface area contributed by atoms with Crippen LogP contribution in [-0.2, 0) is 13.0 Å².